The quantitative estimate of drug-likeness (QED) is 0.846. The standard InChI is InChI=1S/C21H27N3O2S/c1-15-12-18(20(26-3)13-16(15)2)22-24-11-10-23(14-19(24)21(25)27-4)17-8-6-5-7-9-17/h5-9,12-13,19,22H,10-11,14H2,1-4H3. The number of hydrogen-bond acceptors (Lipinski definition) is 6. The highest BCUT2D eigenvalue weighted by Gasteiger charge is 2.32. The van der Waals surface area contributed by atoms with Gasteiger partial charge in [-0.3, -0.25) is 4.79 Å². The third-order valence-corrected chi connectivity index (χ3v) is 5.73. The van der Waals surface area contributed by atoms with Gasteiger partial charge in [-0.25, -0.2) is 5.01 Å². The number of carbonyl (C=O) groups excluding carboxylic acids is 1. The molecule has 0 aliphatic carbocycles. The highest BCUT2D eigenvalue weighted by molar-refractivity contribution is 8.13. The van der Waals surface area contributed by atoms with Crippen LogP contribution in [0.15, 0.2) is 42.5 Å². The minimum Gasteiger partial charge on any atom is -0.495 e. The summed E-state index contributed by atoms with van der Waals surface area (Å²) in [7, 11) is 1.67. The van der Waals surface area contributed by atoms with Crippen molar-refractivity contribution >= 4 is 28.3 Å². The monoisotopic (exact) mass is 385 g/mol. The maximum absolute atomic E-state index is 12.6. The number of para-hydroxylation sites is 1. The van der Waals surface area contributed by atoms with E-state index >= 15 is 0 Å². The fourth-order valence-corrected chi connectivity index (χ4v) is 3.80. The summed E-state index contributed by atoms with van der Waals surface area (Å²) >= 11 is 1.28. The van der Waals surface area contributed by atoms with Crippen molar-refractivity contribution in [1.29, 1.82) is 0 Å². The molecule has 0 radical (unpaired) electrons. The number of methoxy groups -OCH3 is 1. The number of nitrogens with zero attached hydrogens (tertiary/aromatic N) is 2. The fraction of sp³-hybridized carbons (Fsp3) is 0.381. The maximum atomic E-state index is 12.6. The molecule has 6 heteroatoms. The number of hydrazine groups is 1. The Bertz CT molecular complexity index is 798. The number of anilines is 2. The largest absolute Gasteiger partial charge is 0.495 e. The Morgan fingerprint density at radius 1 is 1.15 bits per heavy atom. The number of nitrogens with one attached hydrogen (secondary N) is 1. The Kier molecular flexibility index (Phi) is 6.29. The summed E-state index contributed by atoms with van der Waals surface area (Å²) in [5.74, 6) is 0.791. The average molecular weight is 386 g/mol. The van der Waals surface area contributed by atoms with Gasteiger partial charge in [-0.15, -0.1) is 0 Å². The molecule has 1 unspecified atom stereocenters. The summed E-state index contributed by atoms with van der Waals surface area (Å²) in [4.78, 5) is 14.9. The molecular weight excluding hydrogens is 358 g/mol. The first-order valence-electron chi connectivity index (χ1n) is 9.10. The smallest absolute Gasteiger partial charge is 0.209 e. The van der Waals surface area contributed by atoms with E-state index in [2.05, 4.69) is 42.4 Å². The number of thioether (sulfide) groups is 1. The van der Waals surface area contributed by atoms with E-state index in [0.717, 1.165) is 30.2 Å². The number of ether oxygens (including phenoxy) is 1. The van der Waals surface area contributed by atoms with E-state index in [4.69, 9.17) is 4.74 Å². The van der Waals surface area contributed by atoms with Crippen LogP contribution in [0.5, 0.6) is 5.75 Å². The zero-order valence-electron chi connectivity index (χ0n) is 16.4. The Labute approximate surface area is 165 Å². The van der Waals surface area contributed by atoms with Gasteiger partial charge in [-0.1, -0.05) is 30.0 Å². The zero-order chi connectivity index (χ0) is 19.4. The molecule has 1 N–H and O–H groups in total. The summed E-state index contributed by atoms with van der Waals surface area (Å²) in [6.45, 7) is 6.40. The lowest BCUT2D eigenvalue weighted by Gasteiger charge is -2.41. The number of piperazine rings is 1. The molecule has 1 aliphatic rings. The normalized spacial score (nSPS) is 17.6. The molecule has 0 bridgehead atoms. The first-order chi connectivity index (χ1) is 13.0. The summed E-state index contributed by atoms with van der Waals surface area (Å²) in [6.07, 6.45) is 1.85. The van der Waals surface area contributed by atoms with Gasteiger partial charge in [-0.05, 0) is 55.5 Å². The van der Waals surface area contributed by atoms with Gasteiger partial charge in [0, 0.05) is 25.3 Å². The lowest BCUT2D eigenvalue weighted by atomic mass is 10.1. The third-order valence-electron chi connectivity index (χ3n) is 5.05. The summed E-state index contributed by atoms with van der Waals surface area (Å²) in [5.41, 5.74) is 7.87. The maximum Gasteiger partial charge on any atom is 0.209 e. The van der Waals surface area contributed by atoms with Gasteiger partial charge in [0.1, 0.15) is 11.8 Å². The topological polar surface area (TPSA) is 44.8 Å². The Morgan fingerprint density at radius 3 is 2.52 bits per heavy atom. The second-order valence-electron chi connectivity index (χ2n) is 6.76. The Morgan fingerprint density at radius 2 is 1.85 bits per heavy atom. The van der Waals surface area contributed by atoms with Gasteiger partial charge in [0.15, 0.2) is 0 Å². The van der Waals surface area contributed by atoms with Crippen LogP contribution in [0.2, 0.25) is 0 Å². The van der Waals surface area contributed by atoms with E-state index in [0.29, 0.717) is 6.54 Å². The lowest BCUT2D eigenvalue weighted by Crippen LogP contribution is -2.57. The Hall–Kier alpha value is -2.18. The second kappa shape index (κ2) is 8.67. The summed E-state index contributed by atoms with van der Waals surface area (Å²) in [5, 5.41) is 2.20. The van der Waals surface area contributed by atoms with E-state index in [1.807, 2.05) is 35.5 Å². The fourth-order valence-electron chi connectivity index (χ4n) is 3.33. The first kappa shape index (κ1) is 19.6. The van der Waals surface area contributed by atoms with Crippen LogP contribution in [0.4, 0.5) is 11.4 Å². The summed E-state index contributed by atoms with van der Waals surface area (Å²) in [6, 6.07) is 14.1. The Balaban J connectivity index is 1.83. The third kappa shape index (κ3) is 4.39. The molecule has 0 saturated carbocycles. The van der Waals surface area contributed by atoms with Gasteiger partial charge in [0.2, 0.25) is 5.12 Å². The zero-order valence-corrected chi connectivity index (χ0v) is 17.2. The van der Waals surface area contributed by atoms with Crippen molar-refractivity contribution in [2.75, 3.05) is 43.3 Å². The molecule has 1 atom stereocenters. The van der Waals surface area contributed by atoms with Crippen LogP contribution < -0.4 is 15.1 Å². The van der Waals surface area contributed by atoms with Crippen LogP contribution in [-0.4, -0.2) is 49.2 Å². The number of hydrogen-bond donors (Lipinski definition) is 1. The van der Waals surface area contributed by atoms with Crippen molar-refractivity contribution in [3.63, 3.8) is 0 Å². The van der Waals surface area contributed by atoms with Crippen LogP contribution in [-0.2, 0) is 4.79 Å². The number of carbonyl (C=O) groups is 1. The van der Waals surface area contributed by atoms with Crippen LogP contribution in [0.3, 0.4) is 0 Å². The summed E-state index contributed by atoms with van der Waals surface area (Å²) < 4.78 is 5.55. The van der Waals surface area contributed by atoms with Crippen molar-refractivity contribution in [1.82, 2.24) is 5.01 Å². The number of benzene rings is 2. The minimum atomic E-state index is -0.236. The molecule has 1 heterocycles. The van der Waals surface area contributed by atoms with Gasteiger partial charge >= 0.3 is 0 Å². The molecule has 2 aromatic rings. The van der Waals surface area contributed by atoms with Crippen LogP contribution in [0, 0.1) is 13.8 Å². The molecule has 0 aromatic heterocycles. The van der Waals surface area contributed by atoms with Gasteiger partial charge in [-0.2, -0.15) is 0 Å². The van der Waals surface area contributed by atoms with Gasteiger partial charge in [0.25, 0.3) is 0 Å². The van der Waals surface area contributed by atoms with E-state index in [1.165, 1.54) is 22.9 Å². The molecule has 144 valence electrons. The van der Waals surface area contributed by atoms with Crippen molar-refractivity contribution in [2.24, 2.45) is 0 Å². The molecule has 1 fully saturated rings. The SMILES string of the molecule is COc1cc(C)c(C)cc1NN1CCN(c2ccccc2)CC1C(=O)SC. The molecule has 27 heavy (non-hydrogen) atoms. The predicted molar refractivity (Wildman–Crippen MR) is 114 cm³/mol. The average Bonchev–Trinajstić information content (AvgIpc) is 2.70. The molecule has 1 saturated heterocycles. The number of aryl methyl sites for hydroxylation is 2. The minimum absolute atomic E-state index is 0.158. The molecular formula is C21H27N3O2S. The highest BCUT2D eigenvalue weighted by atomic mass is 32.2. The molecule has 0 amide bonds. The highest BCUT2D eigenvalue weighted by Crippen LogP contribution is 2.30. The van der Waals surface area contributed by atoms with Crippen molar-refractivity contribution in [3.8, 4) is 5.75 Å². The van der Waals surface area contributed by atoms with Gasteiger partial charge < -0.3 is 15.1 Å². The van der Waals surface area contributed by atoms with Crippen molar-refractivity contribution < 1.29 is 9.53 Å². The lowest BCUT2D eigenvalue weighted by molar-refractivity contribution is -0.115. The van der Waals surface area contributed by atoms with Crippen LogP contribution in [0.25, 0.3) is 0 Å². The first-order valence-corrected chi connectivity index (χ1v) is 10.3. The number of rotatable bonds is 5. The van der Waals surface area contributed by atoms with E-state index in [1.54, 1.807) is 7.11 Å². The van der Waals surface area contributed by atoms with Crippen LogP contribution in [0.1, 0.15) is 11.1 Å². The van der Waals surface area contributed by atoms with E-state index in [9.17, 15) is 4.79 Å². The molecule has 5 nitrogen and oxygen atoms in total. The molecule has 3 rings (SSSR count). The molecule has 2 aromatic carbocycles. The van der Waals surface area contributed by atoms with Crippen molar-refractivity contribution in [3.05, 3.63) is 53.6 Å². The molecule has 0 spiro atoms. The predicted octanol–water partition coefficient (Wildman–Crippen LogP) is 3.72. The van der Waals surface area contributed by atoms with Gasteiger partial charge in [0.05, 0.1) is 12.8 Å². The van der Waals surface area contributed by atoms with Crippen molar-refractivity contribution in [2.45, 2.75) is 19.9 Å². The second-order valence-corrected chi connectivity index (χ2v) is 7.57. The van der Waals surface area contributed by atoms with E-state index < -0.39 is 0 Å². The van der Waals surface area contributed by atoms with Crippen LogP contribution >= 0.6 is 11.8 Å². The van der Waals surface area contributed by atoms with E-state index in [-0.39, 0.29) is 11.2 Å². The molecule has 1 aliphatic heterocycles.